The van der Waals surface area contributed by atoms with E-state index in [4.69, 9.17) is 5.26 Å². The standard InChI is InChI=1S/C12H20N6S/c1-2-7-14-10(8-13)9-19-12-15-16-17-18(12)11-5-3-4-6-11/h10-11,14H,2-7,9H2,1H3. The molecule has 1 N–H and O–H groups in total. The first-order valence-corrected chi connectivity index (χ1v) is 7.87. The predicted octanol–water partition coefficient (Wildman–Crippen LogP) is 1.77. The molecular formula is C12H20N6S. The molecule has 104 valence electrons. The minimum atomic E-state index is -0.140. The second-order valence-corrected chi connectivity index (χ2v) is 5.78. The molecule has 2 rings (SSSR count). The van der Waals surface area contributed by atoms with Gasteiger partial charge in [-0.05, 0) is 36.2 Å². The Morgan fingerprint density at radius 1 is 1.53 bits per heavy atom. The van der Waals surface area contributed by atoms with Crippen LogP contribution in [0, 0.1) is 11.3 Å². The Labute approximate surface area is 117 Å². The Kier molecular flexibility index (Phi) is 5.61. The van der Waals surface area contributed by atoms with Gasteiger partial charge in [0.1, 0.15) is 6.04 Å². The molecule has 1 atom stereocenters. The van der Waals surface area contributed by atoms with Crippen molar-refractivity contribution in [3.63, 3.8) is 0 Å². The second kappa shape index (κ2) is 7.46. The third-order valence-electron chi connectivity index (χ3n) is 3.31. The van der Waals surface area contributed by atoms with E-state index in [0.717, 1.165) is 31.0 Å². The highest BCUT2D eigenvalue weighted by Crippen LogP contribution is 2.31. The van der Waals surface area contributed by atoms with Gasteiger partial charge in [0.2, 0.25) is 5.16 Å². The van der Waals surface area contributed by atoms with Crippen LogP contribution in [-0.4, -0.2) is 38.5 Å². The fourth-order valence-corrected chi connectivity index (χ4v) is 3.20. The first-order valence-electron chi connectivity index (χ1n) is 6.88. The number of tetrazole rings is 1. The number of thioether (sulfide) groups is 1. The van der Waals surface area contributed by atoms with Gasteiger partial charge in [0, 0.05) is 5.75 Å². The quantitative estimate of drug-likeness (QED) is 0.767. The zero-order chi connectivity index (χ0) is 13.5. The predicted molar refractivity (Wildman–Crippen MR) is 73.7 cm³/mol. The fourth-order valence-electron chi connectivity index (χ4n) is 2.28. The number of hydrogen-bond donors (Lipinski definition) is 1. The summed E-state index contributed by atoms with van der Waals surface area (Å²) in [4.78, 5) is 0. The largest absolute Gasteiger partial charge is 0.301 e. The van der Waals surface area contributed by atoms with Crippen LogP contribution in [0.1, 0.15) is 45.1 Å². The molecule has 6 nitrogen and oxygen atoms in total. The molecule has 0 aromatic carbocycles. The molecule has 1 heterocycles. The van der Waals surface area contributed by atoms with E-state index in [1.807, 2.05) is 4.68 Å². The molecule has 0 amide bonds. The van der Waals surface area contributed by atoms with Gasteiger partial charge in [-0.2, -0.15) is 5.26 Å². The Hall–Kier alpha value is -1.13. The van der Waals surface area contributed by atoms with Crippen LogP contribution < -0.4 is 5.32 Å². The van der Waals surface area contributed by atoms with Crippen LogP contribution in [0.3, 0.4) is 0 Å². The zero-order valence-electron chi connectivity index (χ0n) is 11.2. The summed E-state index contributed by atoms with van der Waals surface area (Å²) in [6.45, 7) is 2.96. The van der Waals surface area contributed by atoms with Crippen LogP contribution in [0.25, 0.3) is 0 Å². The van der Waals surface area contributed by atoms with E-state index < -0.39 is 0 Å². The summed E-state index contributed by atoms with van der Waals surface area (Å²) in [6.07, 6.45) is 5.87. The van der Waals surface area contributed by atoms with Gasteiger partial charge in [-0.15, -0.1) is 5.10 Å². The molecule has 0 aliphatic heterocycles. The van der Waals surface area contributed by atoms with E-state index >= 15 is 0 Å². The number of nitrogens with zero attached hydrogens (tertiary/aromatic N) is 5. The maximum Gasteiger partial charge on any atom is 0.209 e. The van der Waals surface area contributed by atoms with E-state index in [1.54, 1.807) is 11.8 Å². The topological polar surface area (TPSA) is 79.4 Å². The van der Waals surface area contributed by atoms with Crippen LogP contribution in [0.5, 0.6) is 0 Å². The van der Waals surface area contributed by atoms with Gasteiger partial charge in [-0.25, -0.2) is 4.68 Å². The highest BCUT2D eigenvalue weighted by Gasteiger charge is 2.22. The normalized spacial score (nSPS) is 17.5. The summed E-state index contributed by atoms with van der Waals surface area (Å²) < 4.78 is 1.94. The van der Waals surface area contributed by atoms with Crippen LogP contribution in [-0.2, 0) is 0 Å². The first kappa shape index (κ1) is 14.3. The second-order valence-electron chi connectivity index (χ2n) is 4.79. The van der Waals surface area contributed by atoms with Crippen LogP contribution >= 0.6 is 11.8 Å². The first-order chi connectivity index (χ1) is 9.35. The Bertz CT molecular complexity index is 420. The van der Waals surface area contributed by atoms with E-state index in [9.17, 15) is 0 Å². The van der Waals surface area contributed by atoms with Crippen LogP contribution in [0.2, 0.25) is 0 Å². The summed E-state index contributed by atoms with van der Waals surface area (Å²) in [5.41, 5.74) is 0. The molecular weight excluding hydrogens is 260 g/mol. The molecule has 1 aliphatic rings. The van der Waals surface area contributed by atoms with Gasteiger partial charge in [0.05, 0.1) is 12.1 Å². The van der Waals surface area contributed by atoms with Crippen molar-refractivity contribution in [2.24, 2.45) is 0 Å². The summed E-state index contributed by atoms with van der Waals surface area (Å²) in [5, 5.41) is 25.1. The molecule has 19 heavy (non-hydrogen) atoms. The monoisotopic (exact) mass is 280 g/mol. The highest BCUT2D eigenvalue weighted by atomic mass is 32.2. The van der Waals surface area contributed by atoms with Gasteiger partial charge in [-0.1, -0.05) is 31.5 Å². The molecule has 1 aromatic heterocycles. The van der Waals surface area contributed by atoms with Crippen LogP contribution in [0.15, 0.2) is 5.16 Å². The van der Waals surface area contributed by atoms with E-state index in [-0.39, 0.29) is 6.04 Å². The minimum absolute atomic E-state index is 0.140. The van der Waals surface area contributed by atoms with Gasteiger partial charge in [0.15, 0.2) is 0 Å². The summed E-state index contributed by atoms with van der Waals surface area (Å²) in [5.74, 6) is 0.684. The number of aromatic nitrogens is 4. The molecule has 1 fully saturated rings. The molecule has 0 bridgehead atoms. The Balaban J connectivity index is 1.88. The van der Waals surface area contributed by atoms with Gasteiger partial charge in [-0.3, -0.25) is 0 Å². The fraction of sp³-hybridized carbons (Fsp3) is 0.833. The number of nitrogens with one attached hydrogen (secondary N) is 1. The third-order valence-corrected chi connectivity index (χ3v) is 4.34. The smallest absolute Gasteiger partial charge is 0.209 e. The molecule has 7 heteroatoms. The van der Waals surface area contributed by atoms with E-state index in [2.05, 4.69) is 33.8 Å². The molecule has 1 unspecified atom stereocenters. The van der Waals surface area contributed by atoms with E-state index in [1.165, 1.54) is 12.8 Å². The van der Waals surface area contributed by atoms with Crippen LogP contribution in [0.4, 0.5) is 0 Å². The van der Waals surface area contributed by atoms with Crippen molar-refractivity contribution < 1.29 is 0 Å². The lowest BCUT2D eigenvalue weighted by atomic mass is 10.3. The minimum Gasteiger partial charge on any atom is -0.301 e. The Morgan fingerprint density at radius 2 is 2.32 bits per heavy atom. The summed E-state index contributed by atoms with van der Waals surface area (Å²) >= 11 is 1.57. The molecule has 0 saturated heterocycles. The van der Waals surface area contributed by atoms with Gasteiger partial charge >= 0.3 is 0 Å². The SMILES string of the molecule is CCCNC(C#N)CSc1nnnn1C1CCCC1. The number of rotatable bonds is 7. The molecule has 1 aromatic rings. The lowest BCUT2D eigenvalue weighted by Gasteiger charge is -2.12. The number of hydrogen-bond acceptors (Lipinski definition) is 6. The van der Waals surface area contributed by atoms with Crippen molar-refractivity contribution in [2.45, 2.75) is 56.3 Å². The lowest BCUT2D eigenvalue weighted by molar-refractivity contribution is 0.423. The maximum absolute atomic E-state index is 9.08. The lowest BCUT2D eigenvalue weighted by Crippen LogP contribution is -2.30. The third kappa shape index (κ3) is 3.91. The average molecular weight is 280 g/mol. The maximum atomic E-state index is 9.08. The summed E-state index contributed by atoms with van der Waals surface area (Å²) in [7, 11) is 0. The van der Waals surface area contributed by atoms with Crippen molar-refractivity contribution in [2.75, 3.05) is 12.3 Å². The van der Waals surface area contributed by atoms with Crippen molar-refractivity contribution in [1.82, 2.24) is 25.5 Å². The molecule has 1 aliphatic carbocycles. The zero-order valence-corrected chi connectivity index (χ0v) is 12.1. The van der Waals surface area contributed by atoms with Crippen molar-refractivity contribution in [1.29, 1.82) is 5.26 Å². The average Bonchev–Trinajstić information content (AvgIpc) is 3.09. The molecule has 0 spiro atoms. The highest BCUT2D eigenvalue weighted by molar-refractivity contribution is 7.99. The van der Waals surface area contributed by atoms with Gasteiger partial charge < -0.3 is 5.32 Å². The van der Waals surface area contributed by atoms with Crippen molar-refractivity contribution >= 4 is 11.8 Å². The van der Waals surface area contributed by atoms with Gasteiger partial charge in [0.25, 0.3) is 0 Å². The van der Waals surface area contributed by atoms with Crippen molar-refractivity contribution in [3.8, 4) is 6.07 Å². The van der Waals surface area contributed by atoms with Crippen molar-refractivity contribution in [3.05, 3.63) is 0 Å². The summed E-state index contributed by atoms with van der Waals surface area (Å²) in [6, 6.07) is 2.58. The Morgan fingerprint density at radius 3 is 3.00 bits per heavy atom. The van der Waals surface area contributed by atoms with E-state index in [0.29, 0.717) is 11.8 Å². The molecule has 1 saturated carbocycles. The number of nitriles is 1. The molecule has 0 radical (unpaired) electrons.